The summed E-state index contributed by atoms with van der Waals surface area (Å²) in [6.45, 7) is 3.70. The predicted octanol–water partition coefficient (Wildman–Crippen LogP) is 3.86. The molecule has 1 heterocycles. The molecule has 0 bridgehead atoms. The molecule has 1 atom stereocenters. The van der Waals surface area contributed by atoms with Crippen molar-refractivity contribution in [3.05, 3.63) is 53.1 Å². The highest BCUT2D eigenvalue weighted by Crippen LogP contribution is 2.27. The Kier molecular flexibility index (Phi) is 4.46. The van der Waals surface area contributed by atoms with Gasteiger partial charge in [-0.15, -0.1) is 0 Å². The number of rotatable bonds is 3. The minimum atomic E-state index is 0.0759. The zero-order chi connectivity index (χ0) is 15.5. The van der Waals surface area contributed by atoms with E-state index in [1.54, 1.807) is 0 Å². The molecule has 1 fully saturated rings. The molecule has 0 spiro atoms. The number of aryl methyl sites for hydroxylation is 1. The van der Waals surface area contributed by atoms with E-state index in [9.17, 15) is 4.79 Å². The molecule has 1 unspecified atom stereocenters. The third kappa shape index (κ3) is 3.32. The van der Waals surface area contributed by atoms with Crippen LogP contribution in [0.5, 0.6) is 0 Å². The second kappa shape index (κ2) is 6.51. The Labute approximate surface area is 135 Å². The van der Waals surface area contributed by atoms with Crippen molar-refractivity contribution in [1.29, 1.82) is 0 Å². The fourth-order valence-corrected chi connectivity index (χ4v) is 2.96. The summed E-state index contributed by atoms with van der Waals surface area (Å²) in [4.78, 5) is 12.2. The zero-order valence-corrected chi connectivity index (χ0v) is 13.3. The Morgan fingerprint density at radius 2 is 2.05 bits per heavy atom. The monoisotopic (exact) mass is 314 g/mol. The Hall–Kier alpha value is -1.84. The smallest absolute Gasteiger partial charge is 0.228 e. The average Bonchev–Trinajstić information content (AvgIpc) is 3.03. The van der Waals surface area contributed by atoms with Crippen molar-refractivity contribution in [3.63, 3.8) is 0 Å². The highest BCUT2D eigenvalue weighted by molar-refractivity contribution is 6.30. The van der Waals surface area contributed by atoms with Crippen molar-refractivity contribution >= 4 is 23.2 Å². The maximum absolute atomic E-state index is 12.2. The van der Waals surface area contributed by atoms with Crippen molar-refractivity contribution < 1.29 is 4.79 Å². The van der Waals surface area contributed by atoms with Crippen molar-refractivity contribution in [2.45, 2.75) is 13.3 Å². The van der Waals surface area contributed by atoms with Crippen molar-refractivity contribution in [2.75, 3.05) is 18.4 Å². The highest BCUT2D eigenvalue weighted by atomic mass is 35.5. The van der Waals surface area contributed by atoms with Crippen LogP contribution in [-0.2, 0) is 4.79 Å². The van der Waals surface area contributed by atoms with Crippen LogP contribution in [0.3, 0.4) is 0 Å². The third-order valence-electron chi connectivity index (χ3n) is 4.07. The van der Waals surface area contributed by atoms with Crippen LogP contribution in [0.25, 0.3) is 11.1 Å². The van der Waals surface area contributed by atoms with Crippen LogP contribution >= 0.6 is 11.6 Å². The van der Waals surface area contributed by atoms with Crippen LogP contribution in [-0.4, -0.2) is 19.0 Å². The van der Waals surface area contributed by atoms with Crippen LogP contribution in [0.4, 0.5) is 5.69 Å². The lowest BCUT2D eigenvalue weighted by molar-refractivity contribution is -0.119. The van der Waals surface area contributed by atoms with E-state index in [1.807, 2.05) is 43.3 Å². The summed E-state index contributed by atoms with van der Waals surface area (Å²) < 4.78 is 0. The van der Waals surface area contributed by atoms with Crippen LogP contribution in [0.15, 0.2) is 42.5 Å². The van der Waals surface area contributed by atoms with Gasteiger partial charge < -0.3 is 10.6 Å². The lowest BCUT2D eigenvalue weighted by atomic mass is 10.0. The molecule has 1 amide bonds. The Morgan fingerprint density at radius 3 is 2.73 bits per heavy atom. The van der Waals surface area contributed by atoms with Crippen LogP contribution in [0.2, 0.25) is 5.02 Å². The average molecular weight is 315 g/mol. The third-order valence-corrected chi connectivity index (χ3v) is 4.31. The summed E-state index contributed by atoms with van der Waals surface area (Å²) in [7, 11) is 0. The van der Waals surface area contributed by atoms with E-state index in [4.69, 9.17) is 11.6 Å². The molecule has 3 nitrogen and oxygen atoms in total. The molecule has 2 aromatic carbocycles. The largest absolute Gasteiger partial charge is 0.326 e. The van der Waals surface area contributed by atoms with Crippen LogP contribution < -0.4 is 10.6 Å². The van der Waals surface area contributed by atoms with Crippen molar-refractivity contribution in [3.8, 4) is 11.1 Å². The van der Waals surface area contributed by atoms with Gasteiger partial charge in [-0.3, -0.25) is 4.79 Å². The van der Waals surface area contributed by atoms with Gasteiger partial charge in [-0.2, -0.15) is 0 Å². The van der Waals surface area contributed by atoms with E-state index in [0.717, 1.165) is 46.9 Å². The van der Waals surface area contributed by atoms with Gasteiger partial charge >= 0.3 is 0 Å². The Morgan fingerprint density at radius 1 is 1.23 bits per heavy atom. The number of amides is 1. The number of anilines is 1. The molecule has 1 aliphatic heterocycles. The topological polar surface area (TPSA) is 41.1 Å². The quantitative estimate of drug-likeness (QED) is 0.903. The maximum Gasteiger partial charge on any atom is 0.228 e. The second-order valence-electron chi connectivity index (χ2n) is 5.72. The first-order valence-corrected chi connectivity index (χ1v) is 7.89. The number of carbonyl (C=O) groups excluding carboxylic acids is 1. The fraction of sp³-hybridized carbons (Fsp3) is 0.278. The Balaban J connectivity index is 1.78. The molecule has 22 heavy (non-hydrogen) atoms. The van der Waals surface area contributed by atoms with E-state index in [1.165, 1.54) is 0 Å². The summed E-state index contributed by atoms with van der Waals surface area (Å²) in [6, 6.07) is 13.8. The first kappa shape index (κ1) is 15.1. The summed E-state index contributed by atoms with van der Waals surface area (Å²) in [5.74, 6) is 0.176. The van der Waals surface area contributed by atoms with E-state index < -0.39 is 0 Å². The van der Waals surface area contributed by atoms with Gasteiger partial charge in [-0.1, -0.05) is 29.8 Å². The normalized spacial score (nSPS) is 17.5. The van der Waals surface area contributed by atoms with Gasteiger partial charge in [0.25, 0.3) is 0 Å². The van der Waals surface area contributed by atoms with Crippen LogP contribution in [0.1, 0.15) is 12.0 Å². The molecule has 0 aliphatic carbocycles. The van der Waals surface area contributed by atoms with Gasteiger partial charge in [0.2, 0.25) is 5.91 Å². The molecule has 0 aromatic heterocycles. The maximum atomic E-state index is 12.2. The number of benzene rings is 2. The van der Waals surface area contributed by atoms with Gasteiger partial charge in [0.15, 0.2) is 0 Å². The Bertz CT molecular complexity index is 693. The van der Waals surface area contributed by atoms with Gasteiger partial charge in [0.05, 0.1) is 5.92 Å². The molecular weight excluding hydrogens is 296 g/mol. The molecule has 0 saturated carbocycles. The number of halogens is 1. The summed E-state index contributed by atoms with van der Waals surface area (Å²) in [5, 5.41) is 6.98. The minimum Gasteiger partial charge on any atom is -0.326 e. The van der Waals surface area contributed by atoms with E-state index in [0.29, 0.717) is 0 Å². The van der Waals surface area contributed by atoms with Gasteiger partial charge in [-0.05, 0) is 60.8 Å². The van der Waals surface area contributed by atoms with E-state index >= 15 is 0 Å². The molecule has 1 saturated heterocycles. The van der Waals surface area contributed by atoms with Crippen molar-refractivity contribution in [2.24, 2.45) is 5.92 Å². The van der Waals surface area contributed by atoms with Crippen molar-refractivity contribution in [1.82, 2.24) is 5.32 Å². The molecule has 1 aliphatic rings. The molecule has 2 N–H and O–H groups in total. The number of hydrogen-bond acceptors (Lipinski definition) is 2. The summed E-state index contributed by atoms with van der Waals surface area (Å²) >= 11 is 6.04. The number of hydrogen-bond donors (Lipinski definition) is 2. The van der Waals surface area contributed by atoms with E-state index in [2.05, 4.69) is 16.7 Å². The van der Waals surface area contributed by atoms with E-state index in [-0.39, 0.29) is 11.8 Å². The molecule has 4 heteroatoms. The predicted molar refractivity (Wildman–Crippen MR) is 91.2 cm³/mol. The first-order valence-electron chi connectivity index (χ1n) is 7.51. The lowest BCUT2D eigenvalue weighted by Crippen LogP contribution is -2.24. The SMILES string of the molecule is Cc1cc(-c2cccc(Cl)c2)ccc1NC(=O)C1CCNC1. The zero-order valence-electron chi connectivity index (χ0n) is 12.5. The lowest BCUT2D eigenvalue weighted by Gasteiger charge is -2.13. The van der Waals surface area contributed by atoms with Gasteiger partial charge in [-0.25, -0.2) is 0 Å². The molecule has 2 aromatic rings. The summed E-state index contributed by atoms with van der Waals surface area (Å²) in [5.41, 5.74) is 4.11. The standard InChI is InChI=1S/C18H19ClN2O/c1-12-9-14(13-3-2-4-16(19)10-13)5-6-17(12)21-18(22)15-7-8-20-11-15/h2-6,9-10,15,20H,7-8,11H2,1H3,(H,21,22). The first-order chi connectivity index (χ1) is 10.6. The molecule has 114 valence electrons. The van der Waals surface area contributed by atoms with Gasteiger partial charge in [0.1, 0.15) is 0 Å². The molecular formula is C18H19ClN2O. The number of carbonyl (C=O) groups is 1. The molecule has 3 rings (SSSR count). The fourth-order valence-electron chi connectivity index (χ4n) is 2.76. The minimum absolute atomic E-state index is 0.0759. The second-order valence-corrected chi connectivity index (χ2v) is 6.16. The molecule has 0 radical (unpaired) electrons. The van der Waals surface area contributed by atoms with Crippen LogP contribution in [0, 0.1) is 12.8 Å². The van der Waals surface area contributed by atoms with Gasteiger partial charge in [0, 0.05) is 17.3 Å². The highest BCUT2D eigenvalue weighted by Gasteiger charge is 2.22. The summed E-state index contributed by atoms with van der Waals surface area (Å²) in [6.07, 6.45) is 0.908. The number of nitrogens with one attached hydrogen (secondary N) is 2.